The SMILES string of the molecule is COCCOc1cccc(CN2CCN[C@H](C)C2)c1.Cl. The van der Waals surface area contributed by atoms with E-state index in [1.165, 1.54) is 5.56 Å². The zero-order chi connectivity index (χ0) is 13.5. The van der Waals surface area contributed by atoms with Crippen molar-refractivity contribution in [1.29, 1.82) is 0 Å². The quantitative estimate of drug-likeness (QED) is 0.814. The normalized spacial score (nSPS) is 19.4. The summed E-state index contributed by atoms with van der Waals surface area (Å²) in [5.41, 5.74) is 1.31. The van der Waals surface area contributed by atoms with Crippen molar-refractivity contribution >= 4 is 12.4 Å². The highest BCUT2D eigenvalue weighted by Gasteiger charge is 2.15. The van der Waals surface area contributed by atoms with Crippen LogP contribution in [0.5, 0.6) is 5.75 Å². The summed E-state index contributed by atoms with van der Waals surface area (Å²) < 4.78 is 10.6. The summed E-state index contributed by atoms with van der Waals surface area (Å²) in [6.07, 6.45) is 0. The van der Waals surface area contributed by atoms with Gasteiger partial charge in [0.1, 0.15) is 12.4 Å². The first-order valence-electron chi connectivity index (χ1n) is 6.94. The van der Waals surface area contributed by atoms with Crippen molar-refractivity contribution in [2.45, 2.75) is 19.5 Å². The van der Waals surface area contributed by atoms with Crippen molar-refractivity contribution in [3.63, 3.8) is 0 Å². The average molecular weight is 301 g/mol. The first kappa shape index (κ1) is 17.2. The zero-order valence-corrected chi connectivity index (χ0v) is 13.1. The Morgan fingerprint density at radius 3 is 2.95 bits per heavy atom. The highest BCUT2D eigenvalue weighted by atomic mass is 35.5. The van der Waals surface area contributed by atoms with Crippen LogP contribution >= 0.6 is 12.4 Å². The van der Waals surface area contributed by atoms with Crippen molar-refractivity contribution in [2.24, 2.45) is 0 Å². The molecule has 1 aromatic rings. The largest absolute Gasteiger partial charge is 0.491 e. The van der Waals surface area contributed by atoms with E-state index in [1.54, 1.807) is 7.11 Å². The Morgan fingerprint density at radius 2 is 2.20 bits per heavy atom. The molecule has 0 radical (unpaired) electrons. The van der Waals surface area contributed by atoms with Gasteiger partial charge in [-0.3, -0.25) is 4.90 Å². The van der Waals surface area contributed by atoms with Crippen LogP contribution in [0.25, 0.3) is 0 Å². The summed E-state index contributed by atoms with van der Waals surface area (Å²) in [7, 11) is 1.69. The zero-order valence-electron chi connectivity index (χ0n) is 12.3. The van der Waals surface area contributed by atoms with E-state index in [0.29, 0.717) is 19.3 Å². The van der Waals surface area contributed by atoms with Crippen molar-refractivity contribution < 1.29 is 9.47 Å². The Kier molecular flexibility index (Phi) is 7.92. The maximum absolute atomic E-state index is 5.64. The van der Waals surface area contributed by atoms with E-state index < -0.39 is 0 Å². The smallest absolute Gasteiger partial charge is 0.119 e. The van der Waals surface area contributed by atoms with Gasteiger partial charge in [0.15, 0.2) is 0 Å². The molecule has 0 aromatic heterocycles. The molecule has 1 aliphatic rings. The van der Waals surface area contributed by atoms with E-state index in [2.05, 4.69) is 35.3 Å². The number of ether oxygens (including phenoxy) is 2. The molecule has 0 unspecified atom stereocenters. The molecule has 1 heterocycles. The van der Waals surface area contributed by atoms with Gasteiger partial charge >= 0.3 is 0 Å². The van der Waals surface area contributed by atoms with Crippen molar-refractivity contribution in [3.8, 4) is 5.75 Å². The number of piperazine rings is 1. The Labute approximate surface area is 127 Å². The minimum absolute atomic E-state index is 0. The number of rotatable bonds is 6. The third-order valence-corrected chi connectivity index (χ3v) is 3.31. The first-order valence-corrected chi connectivity index (χ1v) is 6.94. The lowest BCUT2D eigenvalue weighted by atomic mass is 10.1. The molecular weight excluding hydrogens is 276 g/mol. The Morgan fingerprint density at radius 1 is 1.35 bits per heavy atom. The van der Waals surface area contributed by atoms with Gasteiger partial charge in [-0.15, -0.1) is 12.4 Å². The fraction of sp³-hybridized carbons (Fsp3) is 0.600. The van der Waals surface area contributed by atoms with Gasteiger partial charge in [-0.2, -0.15) is 0 Å². The topological polar surface area (TPSA) is 33.7 Å². The highest BCUT2D eigenvalue weighted by molar-refractivity contribution is 5.85. The minimum atomic E-state index is 0. The molecule has 1 aromatic carbocycles. The second kappa shape index (κ2) is 9.19. The molecule has 5 heteroatoms. The molecule has 1 aliphatic heterocycles. The summed E-state index contributed by atoms with van der Waals surface area (Å²) in [6.45, 7) is 7.74. The molecule has 20 heavy (non-hydrogen) atoms. The monoisotopic (exact) mass is 300 g/mol. The van der Waals surface area contributed by atoms with E-state index >= 15 is 0 Å². The van der Waals surface area contributed by atoms with E-state index in [9.17, 15) is 0 Å². The summed E-state index contributed by atoms with van der Waals surface area (Å²) in [6, 6.07) is 8.93. The van der Waals surface area contributed by atoms with Crippen molar-refractivity contribution in [3.05, 3.63) is 29.8 Å². The molecule has 1 atom stereocenters. The molecule has 2 rings (SSSR count). The Bertz CT molecular complexity index is 390. The molecule has 0 spiro atoms. The second-order valence-electron chi connectivity index (χ2n) is 5.08. The molecule has 0 amide bonds. The van der Waals surface area contributed by atoms with Crippen LogP contribution in [0.3, 0.4) is 0 Å². The van der Waals surface area contributed by atoms with E-state index in [4.69, 9.17) is 9.47 Å². The van der Waals surface area contributed by atoms with E-state index in [1.807, 2.05) is 6.07 Å². The van der Waals surface area contributed by atoms with Crippen LogP contribution in [0.4, 0.5) is 0 Å². The number of methoxy groups -OCH3 is 1. The lowest BCUT2D eigenvalue weighted by Gasteiger charge is -2.31. The van der Waals surface area contributed by atoms with Gasteiger partial charge in [0.25, 0.3) is 0 Å². The van der Waals surface area contributed by atoms with Crippen molar-refractivity contribution in [2.75, 3.05) is 40.0 Å². The van der Waals surface area contributed by atoms with Gasteiger partial charge in [-0.05, 0) is 24.6 Å². The van der Waals surface area contributed by atoms with Crippen molar-refractivity contribution in [1.82, 2.24) is 10.2 Å². The first-order chi connectivity index (χ1) is 9.28. The summed E-state index contributed by atoms with van der Waals surface area (Å²) in [5, 5.41) is 3.46. The third-order valence-electron chi connectivity index (χ3n) is 3.31. The summed E-state index contributed by atoms with van der Waals surface area (Å²) >= 11 is 0. The second-order valence-corrected chi connectivity index (χ2v) is 5.08. The average Bonchev–Trinajstić information content (AvgIpc) is 2.39. The Balaban J connectivity index is 0.00000200. The molecule has 4 nitrogen and oxygen atoms in total. The lowest BCUT2D eigenvalue weighted by Crippen LogP contribution is -2.48. The Hall–Kier alpha value is -0.810. The number of nitrogens with zero attached hydrogens (tertiary/aromatic N) is 1. The molecule has 1 N–H and O–H groups in total. The van der Waals surface area contributed by atoms with Crippen LogP contribution in [0.1, 0.15) is 12.5 Å². The van der Waals surface area contributed by atoms with Crippen LogP contribution < -0.4 is 10.1 Å². The molecular formula is C15H25ClN2O2. The van der Waals surface area contributed by atoms with Crippen LogP contribution in [-0.2, 0) is 11.3 Å². The lowest BCUT2D eigenvalue weighted by molar-refractivity contribution is 0.146. The van der Waals surface area contributed by atoms with Gasteiger partial charge in [-0.1, -0.05) is 12.1 Å². The number of nitrogens with one attached hydrogen (secondary N) is 1. The molecule has 0 bridgehead atoms. The van der Waals surface area contributed by atoms with Crippen LogP contribution in [0.15, 0.2) is 24.3 Å². The molecule has 1 fully saturated rings. The summed E-state index contributed by atoms with van der Waals surface area (Å²) in [4.78, 5) is 2.48. The van der Waals surface area contributed by atoms with Gasteiger partial charge < -0.3 is 14.8 Å². The molecule has 114 valence electrons. The fourth-order valence-corrected chi connectivity index (χ4v) is 2.39. The minimum Gasteiger partial charge on any atom is -0.491 e. The standard InChI is InChI=1S/C15H24N2O2.ClH/c1-13-11-17(7-6-16-13)12-14-4-3-5-15(10-14)19-9-8-18-2;/h3-5,10,13,16H,6-9,11-12H2,1-2H3;1H/t13-;/m1./s1. The van der Waals surface area contributed by atoms with E-state index in [0.717, 1.165) is 31.9 Å². The van der Waals surface area contributed by atoms with E-state index in [-0.39, 0.29) is 12.4 Å². The predicted octanol–water partition coefficient (Wildman–Crippen LogP) is 1.93. The number of hydrogen-bond donors (Lipinski definition) is 1. The molecule has 0 saturated carbocycles. The predicted molar refractivity (Wildman–Crippen MR) is 83.8 cm³/mol. The number of hydrogen-bond acceptors (Lipinski definition) is 4. The van der Waals surface area contributed by atoms with Gasteiger partial charge in [0.05, 0.1) is 6.61 Å². The molecule has 1 saturated heterocycles. The maximum Gasteiger partial charge on any atom is 0.119 e. The highest BCUT2D eigenvalue weighted by Crippen LogP contribution is 2.15. The van der Waals surface area contributed by atoms with Gasteiger partial charge in [-0.25, -0.2) is 0 Å². The number of halogens is 1. The summed E-state index contributed by atoms with van der Waals surface area (Å²) in [5.74, 6) is 0.928. The van der Waals surface area contributed by atoms with Gasteiger partial charge in [0, 0.05) is 39.3 Å². The maximum atomic E-state index is 5.64. The third kappa shape index (κ3) is 5.67. The van der Waals surface area contributed by atoms with Crippen LogP contribution in [0.2, 0.25) is 0 Å². The number of benzene rings is 1. The fourth-order valence-electron chi connectivity index (χ4n) is 2.39. The van der Waals surface area contributed by atoms with Gasteiger partial charge in [0.2, 0.25) is 0 Å². The van der Waals surface area contributed by atoms with Crippen LogP contribution in [0, 0.1) is 0 Å². The van der Waals surface area contributed by atoms with Crippen LogP contribution in [-0.4, -0.2) is 50.9 Å². The molecule has 0 aliphatic carbocycles.